The molecule has 1 atom stereocenters. The van der Waals surface area contributed by atoms with Crippen molar-refractivity contribution in [3.05, 3.63) is 35.9 Å². The van der Waals surface area contributed by atoms with E-state index in [1.165, 1.54) is 0 Å². The predicted octanol–water partition coefficient (Wildman–Crippen LogP) is 2.05. The molecule has 0 aromatic heterocycles. The molecule has 0 fully saturated rings. The second-order valence-corrected chi connectivity index (χ2v) is 4.70. The summed E-state index contributed by atoms with van der Waals surface area (Å²) >= 11 is 0. The van der Waals surface area contributed by atoms with Crippen molar-refractivity contribution in [1.82, 2.24) is 5.32 Å². The SMILES string of the molecule is CC(CCNC(=O)C#Cc1ccccc1)CCC(=O)O. The van der Waals surface area contributed by atoms with Gasteiger partial charge in [0.2, 0.25) is 0 Å². The van der Waals surface area contributed by atoms with Crippen molar-refractivity contribution in [3.63, 3.8) is 0 Å². The molecule has 0 aliphatic rings. The van der Waals surface area contributed by atoms with Crippen LogP contribution in [0.1, 0.15) is 31.7 Å². The Morgan fingerprint density at radius 3 is 2.60 bits per heavy atom. The van der Waals surface area contributed by atoms with E-state index in [2.05, 4.69) is 17.2 Å². The van der Waals surface area contributed by atoms with E-state index in [1.807, 2.05) is 37.3 Å². The molecule has 4 heteroatoms. The number of carboxylic acids is 1. The van der Waals surface area contributed by atoms with E-state index in [-0.39, 0.29) is 18.2 Å². The summed E-state index contributed by atoms with van der Waals surface area (Å²) in [5.41, 5.74) is 0.803. The van der Waals surface area contributed by atoms with Crippen LogP contribution in [-0.2, 0) is 9.59 Å². The molecule has 0 saturated heterocycles. The van der Waals surface area contributed by atoms with Crippen LogP contribution in [0.25, 0.3) is 0 Å². The maximum absolute atomic E-state index is 11.5. The highest BCUT2D eigenvalue weighted by Crippen LogP contribution is 2.08. The van der Waals surface area contributed by atoms with E-state index < -0.39 is 5.97 Å². The molecule has 1 aromatic rings. The molecule has 0 heterocycles. The summed E-state index contributed by atoms with van der Waals surface area (Å²) in [7, 11) is 0. The van der Waals surface area contributed by atoms with Crippen LogP contribution in [0.3, 0.4) is 0 Å². The Morgan fingerprint density at radius 2 is 1.95 bits per heavy atom. The van der Waals surface area contributed by atoms with Gasteiger partial charge < -0.3 is 10.4 Å². The van der Waals surface area contributed by atoms with Crippen LogP contribution in [-0.4, -0.2) is 23.5 Å². The van der Waals surface area contributed by atoms with Gasteiger partial charge in [0.05, 0.1) is 0 Å². The lowest BCUT2D eigenvalue weighted by atomic mass is 10.0. The van der Waals surface area contributed by atoms with Gasteiger partial charge in [-0.25, -0.2) is 0 Å². The Hall–Kier alpha value is -2.28. The Balaban J connectivity index is 2.24. The molecule has 20 heavy (non-hydrogen) atoms. The molecule has 0 saturated carbocycles. The molecule has 1 aromatic carbocycles. The molecular formula is C16H19NO3. The monoisotopic (exact) mass is 273 g/mol. The Labute approximate surface area is 119 Å². The van der Waals surface area contributed by atoms with Crippen LogP contribution >= 0.6 is 0 Å². The molecule has 0 radical (unpaired) electrons. The number of carboxylic acid groups (broad SMARTS) is 1. The largest absolute Gasteiger partial charge is 0.481 e. The van der Waals surface area contributed by atoms with Crippen molar-refractivity contribution < 1.29 is 14.7 Å². The van der Waals surface area contributed by atoms with Crippen LogP contribution < -0.4 is 5.32 Å². The van der Waals surface area contributed by atoms with Gasteiger partial charge in [-0.05, 0) is 30.9 Å². The normalized spacial score (nSPS) is 11.1. The summed E-state index contributed by atoms with van der Waals surface area (Å²) in [5.74, 6) is 4.49. The highest BCUT2D eigenvalue weighted by molar-refractivity contribution is 5.94. The van der Waals surface area contributed by atoms with Gasteiger partial charge in [0.1, 0.15) is 0 Å². The molecule has 106 valence electrons. The molecule has 1 rings (SSSR count). The van der Waals surface area contributed by atoms with Crippen molar-refractivity contribution in [1.29, 1.82) is 0 Å². The smallest absolute Gasteiger partial charge is 0.303 e. The number of carbonyl (C=O) groups excluding carboxylic acids is 1. The van der Waals surface area contributed by atoms with Gasteiger partial charge in [-0.1, -0.05) is 31.0 Å². The van der Waals surface area contributed by atoms with Gasteiger partial charge in [0, 0.05) is 24.4 Å². The fourth-order valence-corrected chi connectivity index (χ4v) is 1.64. The predicted molar refractivity (Wildman–Crippen MR) is 77.0 cm³/mol. The highest BCUT2D eigenvalue weighted by atomic mass is 16.4. The van der Waals surface area contributed by atoms with E-state index >= 15 is 0 Å². The first-order valence-electron chi connectivity index (χ1n) is 6.64. The molecule has 0 bridgehead atoms. The van der Waals surface area contributed by atoms with Gasteiger partial charge in [0.25, 0.3) is 5.91 Å². The summed E-state index contributed by atoms with van der Waals surface area (Å²) in [6.07, 6.45) is 1.55. The second kappa shape index (κ2) is 8.76. The van der Waals surface area contributed by atoms with Crippen molar-refractivity contribution in [2.75, 3.05) is 6.54 Å². The first-order valence-corrected chi connectivity index (χ1v) is 6.64. The van der Waals surface area contributed by atoms with Crippen molar-refractivity contribution in [2.45, 2.75) is 26.2 Å². The Morgan fingerprint density at radius 1 is 1.25 bits per heavy atom. The fraction of sp³-hybridized carbons (Fsp3) is 0.375. The lowest BCUT2D eigenvalue weighted by Gasteiger charge is -2.09. The van der Waals surface area contributed by atoms with Crippen LogP contribution in [0.5, 0.6) is 0 Å². The summed E-state index contributed by atoms with van der Waals surface area (Å²) in [5, 5.41) is 11.3. The fourth-order valence-electron chi connectivity index (χ4n) is 1.64. The molecular weight excluding hydrogens is 254 g/mol. The minimum absolute atomic E-state index is 0.170. The molecule has 2 N–H and O–H groups in total. The third-order valence-corrected chi connectivity index (χ3v) is 2.87. The van der Waals surface area contributed by atoms with E-state index in [0.29, 0.717) is 13.0 Å². The van der Waals surface area contributed by atoms with E-state index in [1.54, 1.807) is 0 Å². The number of aliphatic carboxylic acids is 1. The molecule has 1 unspecified atom stereocenters. The lowest BCUT2D eigenvalue weighted by molar-refractivity contribution is -0.137. The molecule has 4 nitrogen and oxygen atoms in total. The summed E-state index contributed by atoms with van der Waals surface area (Å²) in [6, 6.07) is 9.31. The zero-order chi connectivity index (χ0) is 14.8. The minimum atomic E-state index is -0.783. The number of hydrogen-bond acceptors (Lipinski definition) is 2. The standard InChI is InChI=1S/C16H19NO3/c1-13(7-10-16(19)20)11-12-17-15(18)9-8-14-5-3-2-4-6-14/h2-6,13H,7,10-12H2,1H3,(H,17,18)(H,19,20). The topological polar surface area (TPSA) is 66.4 Å². The van der Waals surface area contributed by atoms with Crippen LogP contribution in [0.4, 0.5) is 0 Å². The average molecular weight is 273 g/mol. The number of carbonyl (C=O) groups is 2. The van der Waals surface area contributed by atoms with Gasteiger partial charge in [-0.3, -0.25) is 9.59 Å². The zero-order valence-corrected chi connectivity index (χ0v) is 11.6. The third-order valence-electron chi connectivity index (χ3n) is 2.87. The summed E-state index contributed by atoms with van der Waals surface area (Å²) in [4.78, 5) is 21.9. The number of amides is 1. The maximum atomic E-state index is 11.5. The van der Waals surface area contributed by atoms with Crippen LogP contribution in [0.2, 0.25) is 0 Å². The number of hydrogen-bond donors (Lipinski definition) is 2. The number of benzene rings is 1. The Bertz CT molecular complexity index is 499. The second-order valence-electron chi connectivity index (χ2n) is 4.70. The van der Waals surface area contributed by atoms with Crippen molar-refractivity contribution in [2.24, 2.45) is 5.92 Å². The van der Waals surface area contributed by atoms with E-state index in [9.17, 15) is 9.59 Å². The van der Waals surface area contributed by atoms with Gasteiger partial charge in [0.15, 0.2) is 0 Å². The number of nitrogens with one attached hydrogen (secondary N) is 1. The van der Waals surface area contributed by atoms with E-state index in [0.717, 1.165) is 12.0 Å². The van der Waals surface area contributed by atoms with Gasteiger partial charge >= 0.3 is 5.97 Å². The molecule has 1 amide bonds. The summed E-state index contributed by atoms with van der Waals surface area (Å²) in [6.45, 7) is 2.49. The van der Waals surface area contributed by atoms with Crippen LogP contribution in [0, 0.1) is 17.8 Å². The quantitative estimate of drug-likeness (QED) is 0.779. The zero-order valence-electron chi connectivity index (χ0n) is 11.6. The average Bonchev–Trinajstić information content (AvgIpc) is 2.44. The highest BCUT2D eigenvalue weighted by Gasteiger charge is 2.05. The van der Waals surface area contributed by atoms with Crippen LogP contribution in [0.15, 0.2) is 30.3 Å². The third kappa shape index (κ3) is 7.22. The first-order chi connectivity index (χ1) is 9.58. The molecule has 0 aliphatic carbocycles. The van der Waals surface area contributed by atoms with Crippen molar-refractivity contribution in [3.8, 4) is 11.8 Å². The Kier molecular flexibility index (Phi) is 6.91. The van der Waals surface area contributed by atoms with Gasteiger partial charge in [-0.2, -0.15) is 0 Å². The summed E-state index contributed by atoms with van der Waals surface area (Å²) < 4.78 is 0. The lowest BCUT2D eigenvalue weighted by Crippen LogP contribution is -2.24. The minimum Gasteiger partial charge on any atom is -0.481 e. The maximum Gasteiger partial charge on any atom is 0.303 e. The number of rotatable bonds is 6. The molecule has 0 spiro atoms. The van der Waals surface area contributed by atoms with Gasteiger partial charge in [-0.15, -0.1) is 0 Å². The first kappa shape index (κ1) is 15.8. The van der Waals surface area contributed by atoms with E-state index in [4.69, 9.17) is 5.11 Å². The molecule has 0 aliphatic heterocycles. The van der Waals surface area contributed by atoms with Crippen molar-refractivity contribution >= 4 is 11.9 Å².